The van der Waals surface area contributed by atoms with Crippen LogP contribution in [-0.4, -0.2) is 29.3 Å². The summed E-state index contributed by atoms with van der Waals surface area (Å²) in [6.07, 6.45) is 8.64. The maximum Gasteiger partial charge on any atom is 0.231 e. The lowest BCUT2D eigenvalue weighted by Crippen LogP contribution is -3.09. The van der Waals surface area contributed by atoms with Gasteiger partial charge in [0.1, 0.15) is 18.8 Å². The number of rotatable bonds is 8. The summed E-state index contributed by atoms with van der Waals surface area (Å²) in [5.74, 6) is 2.87. The number of aromatic nitrogens is 1. The van der Waals surface area contributed by atoms with Crippen molar-refractivity contribution in [2.75, 3.05) is 13.1 Å². The van der Waals surface area contributed by atoms with Gasteiger partial charge in [-0.3, -0.25) is 0 Å². The summed E-state index contributed by atoms with van der Waals surface area (Å²) in [5.41, 5.74) is -0.295. The summed E-state index contributed by atoms with van der Waals surface area (Å²) >= 11 is 0. The lowest BCUT2D eigenvalue weighted by molar-refractivity contribution is -0.905. The number of nitrogens with zero attached hydrogens (tertiary/aromatic N) is 1. The molecule has 1 saturated heterocycles. The third-order valence-corrected chi connectivity index (χ3v) is 7.84. The highest BCUT2D eigenvalue weighted by Crippen LogP contribution is 2.43. The number of para-hydroxylation sites is 1. The van der Waals surface area contributed by atoms with Gasteiger partial charge in [0, 0.05) is 5.92 Å². The van der Waals surface area contributed by atoms with Gasteiger partial charge in [0.25, 0.3) is 0 Å². The van der Waals surface area contributed by atoms with Crippen molar-refractivity contribution in [3.63, 3.8) is 0 Å². The van der Waals surface area contributed by atoms with Crippen LogP contribution in [0.3, 0.4) is 0 Å². The van der Waals surface area contributed by atoms with Gasteiger partial charge in [0.05, 0.1) is 18.7 Å². The molecule has 2 aliphatic rings. The molecule has 1 saturated carbocycles. The van der Waals surface area contributed by atoms with E-state index in [0.717, 1.165) is 68.8 Å². The van der Waals surface area contributed by atoms with Gasteiger partial charge >= 0.3 is 0 Å². The highest BCUT2D eigenvalue weighted by Gasteiger charge is 2.45. The van der Waals surface area contributed by atoms with Crippen molar-refractivity contribution in [2.45, 2.75) is 77.5 Å². The van der Waals surface area contributed by atoms with E-state index in [1.165, 1.54) is 11.3 Å². The number of benzene rings is 2. The number of hydrogen-bond donors (Lipinski definition) is 2. The summed E-state index contributed by atoms with van der Waals surface area (Å²) in [6, 6.07) is 20.1. The summed E-state index contributed by atoms with van der Waals surface area (Å²) in [4.78, 5) is 6.09. The molecule has 5 heteroatoms. The molecule has 2 N–H and O–H groups in total. The molecule has 2 aromatic carbocycles. The van der Waals surface area contributed by atoms with Crippen molar-refractivity contribution in [1.29, 1.82) is 0 Å². The number of likely N-dealkylation sites (tertiary alicyclic amines) is 1. The van der Waals surface area contributed by atoms with Crippen molar-refractivity contribution >= 4 is 0 Å². The minimum absolute atomic E-state index is 0.127. The lowest BCUT2D eigenvalue weighted by atomic mass is 9.73. The van der Waals surface area contributed by atoms with Crippen LogP contribution in [0.25, 0.3) is 0 Å². The van der Waals surface area contributed by atoms with E-state index in [-0.39, 0.29) is 12.0 Å². The van der Waals surface area contributed by atoms with Gasteiger partial charge in [-0.05, 0) is 37.0 Å². The van der Waals surface area contributed by atoms with E-state index in [1.54, 1.807) is 0 Å². The van der Waals surface area contributed by atoms with E-state index in [0.29, 0.717) is 11.8 Å². The van der Waals surface area contributed by atoms with Crippen LogP contribution in [0.5, 0.6) is 5.75 Å². The minimum atomic E-state index is -1.18. The maximum atomic E-state index is 12.1. The predicted molar refractivity (Wildman–Crippen MR) is 143 cm³/mol. The second-order valence-electron chi connectivity index (χ2n) is 10.1. The Morgan fingerprint density at radius 2 is 1.64 bits per heavy atom. The van der Waals surface area contributed by atoms with Gasteiger partial charge in [-0.2, -0.15) is 0 Å². The molecule has 0 radical (unpaired) electrons. The third kappa shape index (κ3) is 5.84. The first-order valence-corrected chi connectivity index (χ1v) is 13.9. The van der Waals surface area contributed by atoms with Crippen molar-refractivity contribution < 1.29 is 19.2 Å². The quantitative estimate of drug-likeness (QED) is 0.444. The van der Waals surface area contributed by atoms with Crippen molar-refractivity contribution in [3.8, 4) is 5.75 Å². The molecule has 5 rings (SSSR count). The molecular formula is C31H43N2O3+. The van der Waals surface area contributed by atoms with Crippen LogP contribution in [-0.2, 0) is 12.1 Å². The standard InChI is InChI=1S/C29H36N2O3.C2H6/c1-2-22-19-31(21-27(22)33-25-16-10-5-11-17-25)20-26-18-30-28(34-26)29(32,23-12-6-3-7-13-23)24-14-8-4-9-15-24;1-2/h3,5-7,10-13,16-18,22,24,27,32H,2,4,8-9,14-15,19-21H2,1H3;1-2H3/p+1. The molecule has 1 aromatic heterocycles. The van der Waals surface area contributed by atoms with E-state index in [9.17, 15) is 5.11 Å². The number of nitrogens with one attached hydrogen (secondary N) is 1. The molecule has 5 nitrogen and oxygen atoms in total. The van der Waals surface area contributed by atoms with E-state index < -0.39 is 5.60 Å². The Labute approximate surface area is 216 Å². The Bertz CT molecular complexity index is 1030. The van der Waals surface area contributed by atoms with Gasteiger partial charge in [0.15, 0.2) is 17.5 Å². The van der Waals surface area contributed by atoms with Crippen LogP contribution >= 0.6 is 0 Å². The average molecular weight is 492 g/mol. The topological polar surface area (TPSA) is 59.9 Å². The van der Waals surface area contributed by atoms with E-state index in [2.05, 4.69) is 11.9 Å². The minimum Gasteiger partial charge on any atom is -0.484 e. The fourth-order valence-electron chi connectivity index (χ4n) is 5.96. The zero-order valence-electron chi connectivity index (χ0n) is 22.2. The van der Waals surface area contributed by atoms with Crippen LogP contribution < -0.4 is 9.64 Å². The van der Waals surface area contributed by atoms with Crippen LogP contribution in [0.1, 0.15) is 76.5 Å². The molecule has 0 amide bonds. The Morgan fingerprint density at radius 3 is 2.31 bits per heavy atom. The average Bonchev–Trinajstić information content (AvgIpc) is 3.58. The zero-order chi connectivity index (χ0) is 25.4. The van der Waals surface area contributed by atoms with Gasteiger partial charge in [-0.25, -0.2) is 4.98 Å². The molecule has 36 heavy (non-hydrogen) atoms. The highest BCUT2D eigenvalue weighted by molar-refractivity contribution is 5.30. The summed E-state index contributed by atoms with van der Waals surface area (Å²) in [6.45, 7) is 8.99. The largest absolute Gasteiger partial charge is 0.484 e. The van der Waals surface area contributed by atoms with E-state index in [4.69, 9.17) is 9.15 Å². The summed E-state index contributed by atoms with van der Waals surface area (Å²) in [5, 5.41) is 12.1. The number of quaternary nitrogens is 1. The summed E-state index contributed by atoms with van der Waals surface area (Å²) < 4.78 is 12.7. The molecular weight excluding hydrogens is 448 g/mol. The Hall–Kier alpha value is -2.63. The maximum absolute atomic E-state index is 12.1. The SMILES string of the molecule is CC.CCC1C[NH+](Cc2cnc(C(O)(c3ccccc3)C3CCCCC3)o2)CC1Oc1ccccc1. The molecule has 194 valence electrons. The smallest absolute Gasteiger partial charge is 0.231 e. The fraction of sp³-hybridized carbons (Fsp3) is 0.516. The first-order valence-electron chi connectivity index (χ1n) is 13.9. The molecule has 1 aliphatic carbocycles. The van der Waals surface area contributed by atoms with E-state index >= 15 is 0 Å². The van der Waals surface area contributed by atoms with Gasteiger partial charge in [-0.15, -0.1) is 0 Å². The first kappa shape index (κ1) is 26.4. The Kier molecular flexibility index (Phi) is 9.22. The zero-order valence-corrected chi connectivity index (χ0v) is 22.2. The van der Waals surface area contributed by atoms with Crippen molar-refractivity contribution in [3.05, 3.63) is 84.1 Å². The van der Waals surface area contributed by atoms with Gasteiger partial charge < -0.3 is 19.2 Å². The highest BCUT2D eigenvalue weighted by atomic mass is 16.5. The molecule has 3 aromatic rings. The monoisotopic (exact) mass is 491 g/mol. The normalized spacial score (nSPS) is 23.9. The predicted octanol–water partition coefficient (Wildman–Crippen LogP) is 5.39. The molecule has 4 unspecified atom stereocenters. The fourth-order valence-corrected chi connectivity index (χ4v) is 5.96. The van der Waals surface area contributed by atoms with Crippen molar-refractivity contribution in [1.82, 2.24) is 4.98 Å². The molecule has 0 bridgehead atoms. The summed E-state index contributed by atoms with van der Waals surface area (Å²) in [7, 11) is 0. The van der Waals surface area contributed by atoms with E-state index in [1.807, 2.05) is 80.7 Å². The Morgan fingerprint density at radius 1 is 0.972 bits per heavy atom. The molecule has 2 fully saturated rings. The lowest BCUT2D eigenvalue weighted by Gasteiger charge is -2.36. The Balaban J connectivity index is 0.00000148. The second kappa shape index (κ2) is 12.6. The number of aliphatic hydroxyl groups is 1. The molecule has 0 spiro atoms. The number of oxazole rings is 1. The van der Waals surface area contributed by atoms with Crippen LogP contribution in [0.15, 0.2) is 71.3 Å². The van der Waals surface area contributed by atoms with Crippen molar-refractivity contribution in [2.24, 2.45) is 11.8 Å². The second-order valence-corrected chi connectivity index (χ2v) is 10.1. The number of hydrogen-bond acceptors (Lipinski definition) is 4. The van der Waals surface area contributed by atoms with Gasteiger partial charge in [-0.1, -0.05) is 88.6 Å². The molecule has 2 heterocycles. The number of ether oxygens (including phenoxy) is 1. The first-order chi connectivity index (χ1) is 17.7. The van der Waals surface area contributed by atoms with Crippen LogP contribution in [0, 0.1) is 11.8 Å². The van der Waals surface area contributed by atoms with Crippen LogP contribution in [0.4, 0.5) is 0 Å². The third-order valence-electron chi connectivity index (χ3n) is 7.84. The van der Waals surface area contributed by atoms with Crippen LogP contribution in [0.2, 0.25) is 0 Å². The molecule has 4 atom stereocenters. The van der Waals surface area contributed by atoms with Gasteiger partial charge in [0.2, 0.25) is 5.89 Å². The molecule has 1 aliphatic heterocycles.